The Labute approximate surface area is 143 Å². The fourth-order valence-electron chi connectivity index (χ4n) is 2.33. The molecule has 120 valence electrons. The zero-order valence-corrected chi connectivity index (χ0v) is 14.1. The summed E-state index contributed by atoms with van der Waals surface area (Å²) < 4.78 is 5.80. The Morgan fingerprint density at radius 1 is 1.29 bits per heavy atom. The zero-order chi connectivity index (χ0) is 17.1. The van der Waals surface area contributed by atoms with Gasteiger partial charge in [0, 0.05) is 11.3 Å². The predicted octanol–water partition coefficient (Wildman–Crippen LogP) is 4.26. The number of aromatic nitrogens is 1. The summed E-state index contributed by atoms with van der Waals surface area (Å²) in [5.41, 5.74) is 5.07. The fraction of sp³-hybridized carbons (Fsp3) is 0.167. The van der Waals surface area contributed by atoms with Crippen molar-refractivity contribution >= 4 is 34.5 Å². The van der Waals surface area contributed by atoms with E-state index < -0.39 is 0 Å². The molecule has 0 saturated heterocycles. The number of thiocyanates is 1. The highest BCUT2D eigenvalue weighted by molar-refractivity contribution is 8.04. The second-order valence-electron chi connectivity index (χ2n) is 5.45. The monoisotopic (exact) mass is 337 g/mol. The Balaban J connectivity index is 1.92. The lowest BCUT2D eigenvalue weighted by Gasteiger charge is -2.08. The summed E-state index contributed by atoms with van der Waals surface area (Å²) in [7, 11) is 0. The maximum atomic E-state index is 11.8. The number of nitriles is 1. The van der Waals surface area contributed by atoms with Gasteiger partial charge in [-0.2, -0.15) is 5.26 Å². The predicted molar refractivity (Wildman–Crippen MR) is 95.6 cm³/mol. The summed E-state index contributed by atoms with van der Waals surface area (Å²) >= 11 is 0.909. The molecule has 3 rings (SSSR count). The first-order valence-electron chi connectivity index (χ1n) is 7.36. The molecule has 0 aliphatic heterocycles. The second-order valence-corrected chi connectivity index (χ2v) is 6.21. The first-order chi connectivity index (χ1) is 11.6. The third-order valence-electron chi connectivity index (χ3n) is 3.57. The van der Waals surface area contributed by atoms with Crippen LogP contribution < -0.4 is 5.32 Å². The van der Waals surface area contributed by atoms with Gasteiger partial charge < -0.3 is 9.73 Å². The summed E-state index contributed by atoms with van der Waals surface area (Å²) in [4.78, 5) is 16.3. The van der Waals surface area contributed by atoms with Crippen LogP contribution in [0.4, 0.5) is 5.69 Å². The molecular weight excluding hydrogens is 322 g/mol. The highest BCUT2D eigenvalue weighted by Crippen LogP contribution is 2.28. The molecule has 2 aromatic carbocycles. The lowest BCUT2D eigenvalue weighted by molar-refractivity contribution is -0.113. The molecule has 24 heavy (non-hydrogen) atoms. The molecule has 1 aromatic heterocycles. The molecule has 0 spiro atoms. The third-order valence-corrected chi connectivity index (χ3v) is 4.11. The number of benzene rings is 2. The van der Waals surface area contributed by atoms with Gasteiger partial charge in [-0.05, 0) is 61.0 Å². The van der Waals surface area contributed by atoms with Crippen LogP contribution in [0.15, 0.2) is 40.8 Å². The van der Waals surface area contributed by atoms with Gasteiger partial charge in [-0.3, -0.25) is 4.79 Å². The van der Waals surface area contributed by atoms with Crippen molar-refractivity contribution in [3.05, 3.63) is 47.5 Å². The van der Waals surface area contributed by atoms with Crippen LogP contribution in [-0.2, 0) is 4.79 Å². The summed E-state index contributed by atoms with van der Waals surface area (Å²) in [6.45, 7) is 3.92. The first kappa shape index (κ1) is 16.1. The quantitative estimate of drug-likeness (QED) is 0.719. The number of thioether (sulfide) groups is 1. The van der Waals surface area contributed by atoms with Crippen molar-refractivity contribution in [2.24, 2.45) is 0 Å². The number of hydrogen-bond donors (Lipinski definition) is 1. The van der Waals surface area contributed by atoms with Crippen molar-refractivity contribution in [1.29, 1.82) is 5.26 Å². The molecule has 0 unspecified atom stereocenters. The molecule has 0 aliphatic carbocycles. The highest BCUT2D eigenvalue weighted by Gasteiger charge is 2.11. The minimum Gasteiger partial charge on any atom is -0.436 e. The fourth-order valence-corrected chi connectivity index (χ4v) is 2.60. The van der Waals surface area contributed by atoms with E-state index in [-0.39, 0.29) is 11.7 Å². The topological polar surface area (TPSA) is 78.9 Å². The van der Waals surface area contributed by atoms with Crippen LogP contribution in [-0.4, -0.2) is 16.6 Å². The summed E-state index contributed by atoms with van der Waals surface area (Å²) in [6.07, 6.45) is 0. The Morgan fingerprint density at radius 3 is 2.92 bits per heavy atom. The van der Waals surface area contributed by atoms with E-state index in [2.05, 4.69) is 10.3 Å². The smallest absolute Gasteiger partial charge is 0.235 e. The number of aryl methyl sites for hydroxylation is 2. The van der Waals surface area contributed by atoms with Crippen LogP contribution in [0.25, 0.3) is 22.6 Å². The molecule has 0 fully saturated rings. The normalized spacial score (nSPS) is 10.5. The highest BCUT2D eigenvalue weighted by atomic mass is 32.2. The average molecular weight is 337 g/mol. The van der Waals surface area contributed by atoms with Crippen LogP contribution >= 0.6 is 11.8 Å². The van der Waals surface area contributed by atoms with Gasteiger partial charge in [0.15, 0.2) is 5.58 Å². The number of rotatable bonds is 4. The number of nitrogens with zero attached hydrogens (tertiary/aromatic N) is 2. The van der Waals surface area contributed by atoms with Gasteiger partial charge in [0.1, 0.15) is 10.9 Å². The SMILES string of the molecule is Cc1ccc2oc(-c3ccc(C)c(NC(=O)CSC#N)c3)nc2c1. The van der Waals surface area contributed by atoms with Gasteiger partial charge in [0.2, 0.25) is 11.8 Å². The second kappa shape index (κ2) is 6.77. The van der Waals surface area contributed by atoms with Gasteiger partial charge in [-0.1, -0.05) is 12.1 Å². The van der Waals surface area contributed by atoms with Crippen molar-refractivity contribution in [2.45, 2.75) is 13.8 Å². The number of fused-ring (bicyclic) bond motifs is 1. The third kappa shape index (κ3) is 3.42. The molecular formula is C18H15N3O2S. The molecule has 3 aromatic rings. The van der Waals surface area contributed by atoms with E-state index in [1.807, 2.05) is 55.6 Å². The van der Waals surface area contributed by atoms with Crippen molar-refractivity contribution in [2.75, 3.05) is 11.1 Å². The van der Waals surface area contributed by atoms with E-state index in [9.17, 15) is 4.79 Å². The summed E-state index contributed by atoms with van der Waals surface area (Å²) in [6, 6.07) is 11.5. The summed E-state index contributed by atoms with van der Waals surface area (Å²) in [5.74, 6) is 0.398. The average Bonchev–Trinajstić information content (AvgIpc) is 2.98. The van der Waals surface area contributed by atoms with Gasteiger partial charge in [0.25, 0.3) is 0 Å². The van der Waals surface area contributed by atoms with Gasteiger partial charge in [-0.25, -0.2) is 4.98 Å². The molecule has 0 radical (unpaired) electrons. The first-order valence-corrected chi connectivity index (χ1v) is 8.34. The Bertz CT molecular complexity index is 957. The standard InChI is InChI=1S/C18H15N3O2S/c1-11-3-6-16-15(7-11)21-18(23-16)13-5-4-12(2)14(8-13)20-17(22)9-24-10-19/h3-8H,9H2,1-2H3,(H,20,22). The summed E-state index contributed by atoms with van der Waals surface area (Å²) in [5, 5.41) is 13.2. The van der Waals surface area contributed by atoms with E-state index >= 15 is 0 Å². The number of anilines is 1. The lowest BCUT2D eigenvalue weighted by atomic mass is 10.1. The number of oxazole rings is 1. The Hall–Kier alpha value is -2.78. The van der Waals surface area contributed by atoms with Crippen molar-refractivity contribution in [3.63, 3.8) is 0 Å². The maximum absolute atomic E-state index is 11.8. The Kier molecular flexibility index (Phi) is 4.54. The van der Waals surface area contributed by atoms with Crippen molar-refractivity contribution in [1.82, 2.24) is 4.98 Å². The minimum atomic E-state index is -0.213. The molecule has 1 amide bonds. The van der Waals surface area contributed by atoms with E-state index in [4.69, 9.17) is 9.68 Å². The molecule has 0 atom stereocenters. The van der Waals surface area contributed by atoms with Crippen LogP contribution in [0.3, 0.4) is 0 Å². The number of carbonyl (C=O) groups is 1. The van der Waals surface area contributed by atoms with Crippen LogP contribution in [0.5, 0.6) is 0 Å². The van der Waals surface area contributed by atoms with Crippen LogP contribution in [0, 0.1) is 24.5 Å². The van der Waals surface area contributed by atoms with E-state index in [1.165, 1.54) is 0 Å². The molecule has 5 nitrogen and oxygen atoms in total. The van der Waals surface area contributed by atoms with Crippen LogP contribution in [0.1, 0.15) is 11.1 Å². The molecule has 1 heterocycles. The number of amides is 1. The van der Waals surface area contributed by atoms with E-state index in [1.54, 1.807) is 0 Å². The number of nitrogens with one attached hydrogen (secondary N) is 1. The molecule has 0 saturated carbocycles. The van der Waals surface area contributed by atoms with Gasteiger partial charge in [0.05, 0.1) is 5.75 Å². The van der Waals surface area contributed by atoms with Gasteiger partial charge >= 0.3 is 0 Å². The van der Waals surface area contributed by atoms with E-state index in [0.717, 1.165) is 39.6 Å². The van der Waals surface area contributed by atoms with Crippen molar-refractivity contribution in [3.8, 4) is 16.9 Å². The molecule has 1 N–H and O–H groups in total. The largest absolute Gasteiger partial charge is 0.436 e. The number of carbonyl (C=O) groups excluding carboxylic acids is 1. The lowest BCUT2D eigenvalue weighted by Crippen LogP contribution is -2.14. The molecule has 0 aliphatic rings. The van der Waals surface area contributed by atoms with Crippen molar-refractivity contribution < 1.29 is 9.21 Å². The Morgan fingerprint density at radius 2 is 2.12 bits per heavy atom. The van der Waals surface area contributed by atoms with Gasteiger partial charge in [-0.15, -0.1) is 0 Å². The maximum Gasteiger partial charge on any atom is 0.235 e. The van der Waals surface area contributed by atoms with E-state index in [0.29, 0.717) is 11.6 Å². The molecule has 0 bridgehead atoms. The minimum absolute atomic E-state index is 0.0995. The molecule has 6 heteroatoms. The number of hydrogen-bond acceptors (Lipinski definition) is 5. The zero-order valence-electron chi connectivity index (χ0n) is 13.3. The van der Waals surface area contributed by atoms with Crippen LogP contribution in [0.2, 0.25) is 0 Å².